The van der Waals surface area contributed by atoms with Gasteiger partial charge in [0.1, 0.15) is 11.3 Å². The highest BCUT2D eigenvalue weighted by Crippen LogP contribution is 2.19. The highest BCUT2D eigenvalue weighted by Gasteiger charge is 2.07. The lowest BCUT2D eigenvalue weighted by atomic mass is 10.2. The summed E-state index contributed by atoms with van der Waals surface area (Å²) in [6.07, 6.45) is 0.988. The summed E-state index contributed by atoms with van der Waals surface area (Å²) in [5.41, 5.74) is 9.48. The highest BCUT2D eigenvalue weighted by atomic mass is 16.5. The number of oxazole rings is 1. The SMILES string of the molecule is CCc1cccc(OCc2nc3ccc(CN)cc3o2)c1. The third-order valence-corrected chi connectivity index (χ3v) is 3.40. The number of nitrogens with two attached hydrogens (primary N) is 1. The molecule has 0 unspecified atom stereocenters. The molecule has 108 valence electrons. The van der Waals surface area contributed by atoms with Crippen molar-refractivity contribution in [3.8, 4) is 5.75 Å². The van der Waals surface area contributed by atoms with E-state index in [0.717, 1.165) is 28.8 Å². The molecule has 0 radical (unpaired) electrons. The maximum absolute atomic E-state index is 5.74. The summed E-state index contributed by atoms with van der Waals surface area (Å²) >= 11 is 0. The quantitative estimate of drug-likeness (QED) is 0.778. The Labute approximate surface area is 123 Å². The number of rotatable bonds is 5. The maximum Gasteiger partial charge on any atom is 0.233 e. The Morgan fingerprint density at radius 2 is 2.05 bits per heavy atom. The fourth-order valence-electron chi connectivity index (χ4n) is 2.21. The van der Waals surface area contributed by atoms with Gasteiger partial charge in [0, 0.05) is 6.54 Å². The second kappa shape index (κ2) is 5.97. The Bertz CT molecular complexity index is 749. The van der Waals surface area contributed by atoms with Crippen LogP contribution in [-0.4, -0.2) is 4.98 Å². The molecule has 0 fully saturated rings. The monoisotopic (exact) mass is 282 g/mol. The van der Waals surface area contributed by atoms with E-state index in [9.17, 15) is 0 Å². The van der Waals surface area contributed by atoms with Crippen LogP contribution >= 0.6 is 0 Å². The van der Waals surface area contributed by atoms with Crippen molar-refractivity contribution in [3.63, 3.8) is 0 Å². The van der Waals surface area contributed by atoms with Gasteiger partial charge in [0.15, 0.2) is 12.2 Å². The predicted molar refractivity (Wildman–Crippen MR) is 82.1 cm³/mol. The zero-order chi connectivity index (χ0) is 14.7. The van der Waals surface area contributed by atoms with Gasteiger partial charge in [0.25, 0.3) is 0 Å². The van der Waals surface area contributed by atoms with Gasteiger partial charge in [-0.1, -0.05) is 25.1 Å². The number of aryl methyl sites for hydroxylation is 1. The molecule has 2 N–H and O–H groups in total. The van der Waals surface area contributed by atoms with Gasteiger partial charge >= 0.3 is 0 Å². The molecular formula is C17H18N2O2. The van der Waals surface area contributed by atoms with Crippen molar-refractivity contribution in [2.24, 2.45) is 5.73 Å². The van der Waals surface area contributed by atoms with Crippen LogP contribution in [0.5, 0.6) is 5.75 Å². The van der Waals surface area contributed by atoms with Gasteiger partial charge < -0.3 is 14.9 Å². The van der Waals surface area contributed by atoms with Crippen molar-refractivity contribution in [3.05, 3.63) is 59.5 Å². The van der Waals surface area contributed by atoms with Gasteiger partial charge in [-0.25, -0.2) is 4.98 Å². The summed E-state index contributed by atoms with van der Waals surface area (Å²) in [4.78, 5) is 4.41. The first-order chi connectivity index (χ1) is 10.3. The van der Waals surface area contributed by atoms with Crippen LogP contribution in [0.2, 0.25) is 0 Å². The normalized spacial score (nSPS) is 11.0. The molecule has 0 saturated heterocycles. The van der Waals surface area contributed by atoms with E-state index in [1.807, 2.05) is 36.4 Å². The second-order valence-electron chi connectivity index (χ2n) is 4.90. The van der Waals surface area contributed by atoms with Crippen LogP contribution in [0.1, 0.15) is 23.9 Å². The van der Waals surface area contributed by atoms with E-state index in [1.165, 1.54) is 5.56 Å². The lowest BCUT2D eigenvalue weighted by molar-refractivity contribution is 0.267. The molecule has 3 aromatic rings. The van der Waals surface area contributed by atoms with Crippen LogP contribution in [0.15, 0.2) is 46.9 Å². The number of fused-ring (bicyclic) bond motifs is 1. The molecule has 0 aliphatic rings. The number of nitrogens with zero attached hydrogens (tertiary/aromatic N) is 1. The number of aromatic nitrogens is 1. The van der Waals surface area contributed by atoms with Crippen molar-refractivity contribution in [2.45, 2.75) is 26.5 Å². The Morgan fingerprint density at radius 3 is 2.86 bits per heavy atom. The lowest BCUT2D eigenvalue weighted by Gasteiger charge is -2.04. The molecule has 0 spiro atoms. The zero-order valence-corrected chi connectivity index (χ0v) is 12.0. The molecule has 0 atom stereocenters. The maximum atomic E-state index is 5.74. The third-order valence-electron chi connectivity index (χ3n) is 3.40. The van der Waals surface area contributed by atoms with Crippen molar-refractivity contribution in [1.82, 2.24) is 4.98 Å². The van der Waals surface area contributed by atoms with Gasteiger partial charge in [-0.3, -0.25) is 0 Å². The Morgan fingerprint density at radius 1 is 1.14 bits per heavy atom. The van der Waals surface area contributed by atoms with Crippen LogP contribution in [0.4, 0.5) is 0 Å². The van der Waals surface area contributed by atoms with Gasteiger partial charge in [-0.05, 0) is 41.8 Å². The largest absolute Gasteiger partial charge is 0.484 e. The van der Waals surface area contributed by atoms with Crippen LogP contribution < -0.4 is 10.5 Å². The van der Waals surface area contributed by atoms with Gasteiger partial charge in [-0.15, -0.1) is 0 Å². The van der Waals surface area contributed by atoms with E-state index < -0.39 is 0 Å². The average Bonchev–Trinajstić information content (AvgIpc) is 2.95. The third kappa shape index (κ3) is 3.06. The molecule has 3 rings (SSSR count). The molecule has 1 aromatic heterocycles. The minimum Gasteiger partial charge on any atom is -0.484 e. The Kier molecular flexibility index (Phi) is 3.88. The average molecular weight is 282 g/mol. The van der Waals surface area contributed by atoms with Crippen molar-refractivity contribution < 1.29 is 9.15 Å². The summed E-state index contributed by atoms with van der Waals surface area (Å²) in [5, 5.41) is 0. The highest BCUT2D eigenvalue weighted by molar-refractivity contribution is 5.73. The second-order valence-corrected chi connectivity index (χ2v) is 4.90. The summed E-state index contributed by atoms with van der Waals surface area (Å²) in [5.74, 6) is 1.40. The zero-order valence-electron chi connectivity index (χ0n) is 12.0. The first-order valence-electron chi connectivity index (χ1n) is 7.08. The molecule has 4 nitrogen and oxygen atoms in total. The van der Waals surface area contributed by atoms with Gasteiger partial charge in [-0.2, -0.15) is 0 Å². The molecule has 1 heterocycles. The molecule has 0 amide bonds. The summed E-state index contributed by atoms with van der Waals surface area (Å²) in [6.45, 7) is 2.93. The molecule has 21 heavy (non-hydrogen) atoms. The molecule has 0 saturated carbocycles. The van der Waals surface area contributed by atoms with Crippen LogP contribution in [0, 0.1) is 0 Å². The van der Waals surface area contributed by atoms with Crippen molar-refractivity contribution in [1.29, 1.82) is 0 Å². The number of hydrogen-bond acceptors (Lipinski definition) is 4. The van der Waals surface area contributed by atoms with Crippen LogP contribution in [0.25, 0.3) is 11.1 Å². The van der Waals surface area contributed by atoms with E-state index >= 15 is 0 Å². The molecule has 0 aliphatic carbocycles. The molecule has 0 bridgehead atoms. The van der Waals surface area contributed by atoms with Crippen LogP contribution in [-0.2, 0) is 19.6 Å². The van der Waals surface area contributed by atoms with Gasteiger partial charge in [0.2, 0.25) is 5.89 Å². The van der Waals surface area contributed by atoms with Gasteiger partial charge in [0.05, 0.1) is 0 Å². The Hall–Kier alpha value is -2.33. The van der Waals surface area contributed by atoms with E-state index in [1.54, 1.807) is 0 Å². The van der Waals surface area contributed by atoms with Crippen molar-refractivity contribution >= 4 is 11.1 Å². The number of benzene rings is 2. The number of hydrogen-bond donors (Lipinski definition) is 1. The first kappa shape index (κ1) is 13.6. The fourth-order valence-corrected chi connectivity index (χ4v) is 2.21. The van der Waals surface area contributed by atoms with Crippen molar-refractivity contribution in [2.75, 3.05) is 0 Å². The Balaban J connectivity index is 1.75. The minimum atomic E-state index is 0.319. The number of ether oxygens (including phenoxy) is 1. The molecule has 2 aromatic carbocycles. The standard InChI is InChI=1S/C17H18N2O2/c1-2-12-4-3-5-14(8-12)20-11-17-19-15-7-6-13(10-18)9-16(15)21-17/h3-9H,2,10-11,18H2,1H3. The molecule has 0 aliphatic heterocycles. The lowest BCUT2D eigenvalue weighted by Crippen LogP contribution is -1.95. The first-order valence-corrected chi connectivity index (χ1v) is 7.08. The van der Waals surface area contributed by atoms with Crippen LogP contribution in [0.3, 0.4) is 0 Å². The van der Waals surface area contributed by atoms with E-state index in [0.29, 0.717) is 19.0 Å². The minimum absolute atomic E-state index is 0.319. The predicted octanol–water partition coefficient (Wildman–Crippen LogP) is 3.43. The smallest absolute Gasteiger partial charge is 0.233 e. The van der Waals surface area contributed by atoms with E-state index in [2.05, 4.69) is 18.0 Å². The van der Waals surface area contributed by atoms with E-state index in [4.69, 9.17) is 14.9 Å². The summed E-state index contributed by atoms with van der Waals surface area (Å²) < 4.78 is 11.4. The fraction of sp³-hybridized carbons (Fsp3) is 0.235. The molecular weight excluding hydrogens is 264 g/mol. The van der Waals surface area contributed by atoms with E-state index in [-0.39, 0.29) is 0 Å². The molecule has 4 heteroatoms. The topological polar surface area (TPSA) is 61.3 Å². The summed E-state index contributed by atoms with van der Waals surface area (Å²) in [7, 11) is 0. The summed E-state index contributed by atoms with van der Waals surface area (Å²) in [6, 6.07) is 13.9.